The standard InChI is InChI=1S/C22H20N2O/c1-2-3-4-17-7-11-20(12-8-17)24-16-21-13-14-22(25-21)19-9-5-18(15-23)6-10-19/h5-14,16H,2-4H2,1H3. The van der Waals surface area contributed by atoms with Crippen LogP contribution in [-0.4, -0.2) is 6.21 Å². The van der Waals surface area contributed by atoms with Gasteiger partial charge in [0.25, 0.3) is 0 Å². The number of benzene rings is 2. The Morgan fingerprint density at radius 1 is 1.00 bits per heavy atom. The maximum atomic E-state index is 8.85. The molecule has 0 aliphatic carbocycles. The monoisotopic (exact) mass is 328 g/mol. The van der Waals surface area contributed by atoms with Crippen LogP contribution in [0.25, 0.3) is 11.3 Å². The molecule has 1 heterocycles. The molecule has 0 fully saturated rings. The van der Waals surface area contributed by atoms with Crippen LogP contribution < -0.4 is 0 Å². The minimum absolute atomic E-state index is 0.638. The number of nitriles is 1. The number of hydrogen-bond acceptors (Lipinski definition) is 3. The van der Waals surface area contributed by atoms with Gasteiger partial charge in [0.1, 0.15) is 11.5 Å². The van der Waals surface area contributed by atoms with Gasteiger partial charge in [-0.05, 0) is 66.9 Å². The van der Waals surface area contributed by atoms with E-state index in [1.54, 1.807) is 18.3 Å². The zero-order chi connectivity index (χ0) is 17.5. The van der Waals surface area contributed by atoms with Gasteiger partial charge in [-0.25, -0.2) is 0 Å². The number of aliphatic imine (C=N–C) groups is 1. The van der Waals surface area contributed by atoms with E-state index in [1.165, 1.54) is 18.4 Å². The number of hydrogen-bond donors (Lipinski definition) is 0. The Balaban J connectivity index is 1.68. The van der Waals surface area contributed by atoms with Crippen molar-refractivity contribution in [3.63, 3.8) is 0 Å². The van der Waals surface area contributed by atoms with Gasteiger partial charge in [0, 0.05) is 5.56 Å². The molecule has 124 valence electrons. The van der Waals surface area contributed by atoms with Crippen LogP contribution in [-0.2, 0) is 6.42 Å². The number of aryl methyl sites for hydroxylation is 1. The summed E-state index contributed by atoms with van der Waals surface area (Å²) in [6, 6.07) is 21.6. The second kappa shape index (κ2) is 8.12. The molecule has 0 atom stereocenters. The third kappa shape index (κ3) is 4.45. The minimum Gasteiger partial charge on any atom is -0.455 e. The summed E-state index contributed by atoms with van der Waals surface area (Å²) in [7, 11) is 0. The van der Waals surface area contributed by atoms with Gasteiger partial charge in [-0.1, -0.05) is 25.5 Å². The van der Waals surface area contributed by atoms with Gasteiger partial charge in [0.05, 0.1) is 23.5 Å². The summed E-state index contributed by atoms with van der Waals surface area (Å²) in [5.41, 5.74) is 3.84. The van der Waals surface area contributed by atoms with Crippen molar-refractivity contribution in [2.75, 3.05) is 0 Å². The Kier molecular flexibility index (Phi) is 5.43. The van der Waals surface area contributed by atoms with Gasteiger partial charge in [0.2, 0.25) is 0 Å². The van der Waals surface area contributed by atoms with Crippen LogP contribution in [0.3, 0.4) is 0 Å². The molecule has 3 nitrogen and oxygen atoms in total. The van der Waals surface area contributed by atoms with E-state index in [9.17, 15) is 0 Å². The Morgan fingerprint density at radius 3 is 2.44 bits per heavy atom. The van der Waals surface area contributed by atoms with Crippen LogP contribution >= 0.6 is 0 Å². The first kappa shape index (κ1) is 16.7. The molecule has 25 heavy (non-hydrogen) atoms. The summed E-state index contributed by atoms with van der Waals surface area (Å²) in [6.45, 7) is 2.20. The first-order valence-electron chi connectivity index (χ1n) is 8.52. The largest absolute Gasteiger partial charge is 0.455 e. The molecule has 3 aromatic rings. The third-order valence-electron chi connectivity index (χ3n) is 4.02. The summed E-state index contributed by atoms with van der Waals surface area (Å²) in [5, 5.41) is 8.85. The molecule has 0 unspecified atom stereocenters. The fraction of sp³-hybridized carbons (Fsp3) is 0.182. The fourth-order valence-corrected chi connectivity index (χ4v) is 2.55. The van der Waals surface area contributed by atoms with Crippen LogP contribution in [0.15, 0.2) is 70.1 Å². The quantitative estimate of drug-likeness (QED) is 0.528. The molecule has 0 amide bonds. The second-order valence-corrected chi connectivity index (χ2v) is 5.92. The van der Waals surface area contributed by atoms with Crippen molar-refractivity contribution < 1.29 is 4.42 Å². The molecule has 3 rings (SSSR count). The van der Waals surface area contributed by atoms with Crippen molar-refractivity contribution in [1.29, 1.82) is 5.26 Å². The van der Waals surface area contributed by atoms with Crippen molar-refractivity contribution in [1.82, 2.24) is 0 Å². The molecule has 2 aromatic carbocycles. The summed E-state index contributed by atoms with van der Waals surface area (Å²) < 4.78 is 5.81. The van der Waals surface area contributed by atoms with E-state index in [2.05, 4.69) is 30.1 Å². The maximum absolute atomic E-state index is 8.85. The average molecular weight is 328 g/mol. The first-order valence-corrected chi connectivity index (χ1v) is 8.52. The highest BCUT2D eigenvalue weighted by Gasteiger charge is 2.03. The zero-order valence-electron chi connectivity index (χ0n) is 14.3. The Morgan fingerprint density at radius 2 is 1.76 bits per heavy atom. The fourth-order valence-electron chi connectivity index (χ4n) is 2.55. The smallest absolute Gasteiger partial charge is 0.145 e. The molecule has 0 aliphatic rings. The van der Waals surface area contributed by atoms with Crippen molar-refractivity contribution in [3.8, 4) is 17.4 Å². The van der Waals surface area contributed by atoms with Crippen LogP contribution in [0.1, 0.15) is 36.7 Å². The molecule has 1 aromatic heterocycles. The Bertz CT molecular complexity index is 881. The molecule has 0 saturated carbocycles. The minimum atomic E-state index is 0.638. The van der Waals surface area contributed by atoms with E-state index in [0.29, 0.717) is 11.3 Å². The van der Waals surface area contributed by atoms with E-state index in [0.717, 1.165) is 23.4 Å². The van der Waals surface area contributed by atoms with Gasteiger partial charge < -0.3 is 4.42 Å². The highest BCUT2D eigenvalue weighted by atomic mass is 16.3. The summed E-state index contributed by atoms with van der Waals surface area (Å²) in [6.07, 6.45) is 5.27. The van der Waals surface area contributed by atoms with Crippen LogP contribution in [0.4, 0.5) is 5.69 Å². The zero-order valence-corrected chi connectivity index (χ0v) is 14.3. The molecule has 0 aliphatic heterocycles. The van der Waals surface area contributed by atoms with E-state index in [4.69, 9.17) is 9.68 Å². The molecular formula is C22H20N2O. The van der Waals surface area contributed by atoms with E-state index < -0.39 is 0 Å². The Hall–Kier alpha value is -3.12. The molecule has 3 heteroatoms. The van der Waals surface area contributed by atoms with Gasteiger partial charge in [-0.3, -0.25) is 4.99 Å². The van der Waals surface area contributed by atoms with Gasteiger partial charge in [0.15, 0.2) is 0 Å². The maximum Gasteiger partial charge on any atom is 0.145 e. The molecule has 0 N–H and O–H groups in total. The average Bonchev–Trinajstić information content (AvgIpc) is 3.14. The van der Waals surface area contributed by atoms with Gasteiger partial charge >= 0.3 is 0 Å². The molecule has 0 bridgehead atoms. The van der Waals surface area contributed by atoms with Crippen LogP contribution in [0.2, 0.25) is 0 Å². The summed E-state index contributed by atoms with van der Waals surface area (Å²) in [5.74, 6) is 1.47. The highest BCUT2D eigenvalue weighted by molar-refractivity contribution is 5.79. The van der Waals surface area contributed by atoms with Crippen LogP contribution in [0.5, 0.6) is 0 Å². The molecule has 0 radical (unpaired) electrons. The van der Waals surface area contributed by atoms with E-state index >= 15 is 0 Å². The predicted octanol–water partition coefficient (Wildman–Crippen LogP) is 5.91. The molecule has 0 spiro atoms. The predicted molar refractivity (Wildman–Crippen MR) is 101 cm³/mol. The van der Waals surface area contributed by atoms with Gasteiger partial charge in [-0.2, -0.15) is 5.26 Å². The first-order chi connectivity index (χ1) is 12.3. The normalized spacial score (nSPS) is 10.9. The van der Waals surface area contributed by atoms with Crippen molar-refractivity contribution in [2.45, 2.75) is 26.2 Å². The highest BCUT2D eigenvalue weighted by Crippen LogP contribution is 2.22. The molecule has 0 saturated heterocycles. The lowest BCUT2D eigenvalue weighted by molar-refractivity contribution is 0.575. The number of nitrogens with zero attached hydrogens (tertiary/aromatic N) is 2. The number of rotatable bonds is 6. The van der Waals surface area contributed by atoms with Gasteiger partial charge in [-0.15, -0.1) is 0 Å². The lowest BCUT2D eigenvalue weighted by Crippen LogP contribution is -1.83. The second-order valence-electron chi connectivity index (χ2n) is 5.92. The SMILES string of the molecule is CCCCc1ccc(N=Cc2ccc(-c3ccc(C#N)cc3)o2)cc1. The topological polar surface area (TPSA) is 49.3 Å². The Labute approximate surface area is 148 Å². The molecular weight excluding hydrogens is 308 g/mol. The van der Waals surface area contributed by atoms with Crippen LogP contribution in [0, 0.1) is 11.3 Å². The van der Waals surface area contributed by atoms with E-state index in [1.807, 2.05) is 36.4 Å². The summed E-state index contributed by atoms with van der Waals surface area (Å²) in [4.78, 5) is 4.47. The lowest BCUT2D eigenvalue weighted by Gasteiger charge is -2.00. The number of furan rings is 1. The number of unbranched alkanes of at least 4 members (excludes halogenated alkanes) is 1. The van der Waals surface area contributed by atoms with Crippen molar-refractivity contribution in [2.24, 2.45) is 4.99 Å². The van der Waals surface area contributed by atoms with E-state index in [-0.39, 0.29) is 0 Å². The third-order valence-corrected chi connectivity index (χ3v) is 4.02. The van der Waals surface area contributed by atoms with Crippen molar-refractivity contribution >= 4 is 11.9 Å². The summed E-state index contributed by atoms with van der Waals surface area (Å²) >= 11 is 0. The lowest BCUT2D eigenvalue weighted by atomic mass is 10.1. The van der Waals surface area contributed by atoms with Crippen molar-refractivity contribution in [3.05, 3.63) is 77.6 Å².